The fraction of sp³-hybridized carbons (Fsp3) is 0.368. The van der Waals surface area contributed by atoms with Crippen LogP contribution in [-0.2, 0) is 0 Å². The number of para-hydroxylation sites is 1. The van der Waals surface area contributed by atoms with Crippen LogP contribution in [0.25, 0.3) is 0 Å². The maximum atomic E-state index is 10.3. The highest BCUT2D eigenvalue weighted by atomic mass is 35.5. The van der Waals surface area contributed by atoms with Crippen LogP contribution >= 0.6 is 23.2 Å². The smallest absolute Gasteiger partial charge is 0.138 e. The number of hydrogen-bond acceptors (Lipinski definition) is 3. The Labute approximate surface area is 152 Å². The van der Waals surface area contributed by atoms with Crippen molar-refractivity contribution in [1.82, 2.24) is 4.90 Å². The van der Waals surface area contributed by atoms with Gasteiger partial charge in [0.2, 0.25) is 0 Å². The number of likely N-dealkylation sites (tertiary alicyclic amines) is 1. The molecule has 0 aromatic heterocycles. The second-order valence-electron chi connectivity index (χ2n) is 6.10. The highest BCUT2D eigenvalue weighted by molar-refractivity contribution is 6.32. The van der Waals surface area contributed by atoms with E-state index in [9.17, 15) is 5.11 Å². The number of hydrogen-bond donors (Lipinski definition) is 1. The number of nitrogens with zero attached hydrogens (tertiary/aromatic N) is 1. The second-order valence-corrected chi connectivity index (χ2v) is 6.94. The summed E-state index contributed by atoms with van der Waals surface area (Å²) in [5, 5.41) is 11.6. The summed E-state index contributed by atoms with van der Waals surface area (Å²) >= 11 is 12.0. The van der Waals surface area contributed by atoms with Gasteiger partial charge in [0, 0.05) is 17.6 Å². The molecule has 2 aromatic rings. The van der Waals surface area contributed by atoms with Crippen LogP contribution < -0.4 is 4.74 Å². The highest BCUT2D eigenvalue weighted by Crippen LogP contribution is 2.32. The van der Waals surface area contributed by atoms with Gasteiger partial charge in [-0.05, 0) is 49.2 Å². The zero-order valence-corrected chi connectivity index (χ0v) is 14.9. The third-order valence-electron chi connectivity index (χ3n) is 4.33. The van der Waals surface area contributed by atoms with Crippen molar-refractivity contribution >= 4 is 23.2 Å². The molecule has 0 aliphatic carbocycles. The molecule has 1 aliphatic heterocycles. The molecule has 0 bridgehead atoms. The van der Waals surface area contributed by atoms with Crippen molar-refractivity contribution in [3.8, 4) is 5.75 Å². The SMILES string of the molecule is OC(COc1ccccc1Cl)CN1CCCC1c1ccc(Cl)cc1. The molecule has 0 amide bonds. The van der Waals surface area contributed by atoms with E-state index in [0.717, 1.165) is 24.4 Å². The van der Waals surface area contributed by atoms with Crippen LogP contribution in [-0.4, -0.2) is 35.8 Å². The van der Waals surface area contributed by atoms with Gasteiger partial charge >= 0.3 is 0 Å². The van der Waals surface area contributed by atoms with Gasteiger partial charge in [-0.1, -0.05) is 47.5 Å². The van der Waals surface area contributed by atoms with Gasteiger partial charge in [-0.25, -0.2) is 0 Å². The largest absolute Gasteiger partial charge is 0.489 e. The number of aliphatic hydroxyl groups is 1. The Morgan fingerprint density at radius 3 is 2.62 bits per heavy atom. The first kappa shape index (κ1) is 17.6. The third kappa shape index (κ3) is 4.42. The molecule has 1 saturated heterocycles. The zero-order chi connectivity index (χ0) is 16.9. The van der Waals surface area contributed by atoms with Crippen molar-refractivity contribution in [2.24, 2.45) is 0 Å². The lowest BCUT2D eigenvalue weighted by molar-refractivity contribution is 0.0639. The molecule has 3 nitrogen and oxygen atoms in total. The minimum absolute atomic E-state index is 0.230. The lowest BCUT2D eigenvalue weighted by atomic mass is 10.0. The summed E-state index contributed by atoms with van der Waals surface area (Å²) in [7, 11) is 0. The van der Waals surface area contributed by atoms with E-state index < -0.39 is 6.10 Å². The van der Waals surface area contributed by atoms with Gasteiger partial charge in [-0.3, -0.25) is 4.90 Å². The first-order valence-corrected chi connectivity index (χ1v) is 8.94. The second kappa shape index (κ2) is 8.21. The molecule has 3 rings (SSSR count). The first-order chi connectivity index (χ1) is 11.6. The van der Waals surface area contributed by atoms with Gasteiger partial charge in [0.25, 0.3) is 0 Å². The van der Waals surface area contributed by atoms with E-state index in [2.05, 4.69) is 17.0 Å². The lowest BCUT2D eigenvalue weighted by Gasteiger charge is -2.27. The van der Waals surface area contributed by atoms with Crippen LogP contribution in [0.15, 0.2) is 48.5 Å². The van der Waals surface area contributed by atoms with E-state index in [4.69, 9.17) is 27.9 Å². The monoisotopic (exact) mass is 365 g/mol. The van der Waals surface area contributed by atoms with Gasteiger partial charge in [-0.15, -0.1) is 0 Å². The van der Waals surface area contributed by atoms with Crippen LogP contribution in [0.4, 0.5) is 0 Å². The quantitative estimate of drug-likeness (QED) is 0.813. The van der Waals surface area contributed by atoms with Gasteiger partial charge < -0.3 is 9.84 Å². The molecule has 0 saturated carbocycles. The van der Waals surface area contributed by atoms with Crippen LogP contribution in [0.2, 0.25) is 10.0 Å². The topological polar surface area (TPSA) is 32.7 Å². The zero-order valence-electron chi connectivity index (χ0n) is 13.4. The number of halogens is 2. The average Bonchev–Trinajstić information content (AvgIpc) is 3.03. The molecule has 2 unspecified atom stereocenters. The van der Waals surface area contributed by atoms with Crippen molar-refractivity contribution in [3.63, 3.8) is 0 Å². The molecule has 128 valence electrons. The fourth-order valence-corrected chi connectivity index (χ4v) is 3.49. The number of aliphatic hydroxyl groups excluding tert-OH is 1. The standard InChI is InChI=1S/C19H21Cl2NO2/c20-15-9-7-14(8-10-15)18-5-3-11-22(18)12-16(23)13-24-19-6-2-1-4-17(19)21/h1-2,4,6-10,16,18,23H,3,5,11-13H2. The molecule has 2 aromatic carbocycles. The van der Waals surface area contributed by atoms with Crippen molar-refractivity contribution in [2.45, 2.75) is 25.0 Å². The van der Waals surface area contributed by atoms with E-state index in [1.54, 1.807) is 12.1 Å². The average molecular weight is 366 g/mol. The predicted molar refractivity (Wildman–Crippen MR) is 98.0 cm³/mol. The van der Waals surface area contributed by atoms with E-state index in [0.29, 0.717) is 23.4 Å². The van der Waals surface area contributed by atoms with E-state index in [1.807, 2.05) is 24.3 Å². The normalized spacial score (nSPS) is 19.4. The molecule has 1 heterocycles. The van der Waals surface area contributed by atoms with Gasteiger partial charge in [0.05, 0.1) is 5.02 Å². The van der Waals surface area contributed by atoms with Crippen LogP contribution in [0.5, 0.6) is 5.75 Å². The minimum Gasteiger partial charge on any atom is -0.489 e. The number of rotatable bonds is 6. The van der Waals surface area contributed by atoms with E-state index >= 15 is 0 Å². The Bertz CT molecular complexity index is 663. The molecule has 5 heteroatoms. The molecule has 1 aliphatic rings. The number of benzene rings is 2. The van der Waals surface area contributed by atoms with Crippen molar-refractivity contribution in [1.29, 1.82) is 0 Å². The maximum Gasteiger partial charge on any atom is 0.138 e. The summed E-state index contributed by atoms with van der Waals surface area (Å²) in [5.41, 5.74) is 1.25. The summed E-state index contributed by atoms with van der Waals surface area (Å²) < 4.78 is 5.64. The van der Waals surface area contributed by atoms with Crippen LogP contribution in [0, 0.1) is 0 Å². The molecule has 24 heavy (non-hydrogen) atoms. The van der Waals surface area contributed by atoms with Gasteiger partial charge in [-0.2, -0.15) is 0 Å². The Balaban J connectivity index is 1.56. The Kier molecular flexibility index (Phi) is 6.01. The molecule has 2 atom stereocenters. The predicted octanol–water partition coefficient (Wildman–Crippen LogP) is 4.57. The summed E-state index contributed by atoms with van der Waals surface area (Å²) in [6.07, 6.45) is 1.67. The van der Waals surface area contributed by atoms with E-state index in [-0.39, 0.29) is 6.61 Å². The summed E-state index contributed by atoms with van der Waals surface area (Å²) in [5.74, 6) is 0.605. The molecular weight excluding hydrogens is 345 g/mol. The molecule has 0 radical (unpaired) electrons. The first-order valence-electron chi connectivity index (χ1n) is 8.18. The van der Waals surface area contributed by atoms with Crippen LogP contribution in [0.1, 0.15) is 24.4 Å². The van der Waals surface area contributed by atoms with Gasteiger partial charge in [0.1, 0.15) is 18.5 Å². The molecule has 1 N–H and O–H groups in total. The molecular formula is C19H21Cl2NO2. The maximum absolute atomic E-state index is 10.3. The van der Waals surface area contributed by atoms with Gasteiger partial charge in [0.15, 0.2) is 0 Å². The molecule has 1 fully saturated rings. The van der Waals surface area contributed by atoms with E-state index in [1.165, 1.54) is 5.56 Å². The minimum atomic E-state index is -0.561. The van der Waals surface area contributed by atoms with Crippen molar-refractivity contribution in [3.05, 3.63) is 64.1 Å². The Hall–Kier alpha value is -1.26. The lowest BCUT2D eigenvalue weighted by Crippen LogP contribution is -2.35. The number of ether oxygens (including phenoxy) is 1. The summed E-state index contributed by atoms with van der Waals surface area (Å²) in [4.78, 5) is 2.31. The number of β-amino-alcohol motifs (C(OH)–C–C–N with tert-alkyl or cyclic N) is 1. The van der Waals surface area contributed by atoms with Crippen molar-refractivity contribution < 1.29 is 9.84 Å². The summed E-state index contributed by atoms with van der Waals surface area (Å²) in [6, 6.07) is 15.6. The summed E-state index contributed by atoms with van der Waals surface area (Å²) in [6.45, 7) is 1.79. The highest BCUT2D eigenvalue weighted by Gasteiger charge is 2.27. The Morgan fingerprint density at radius 2 is 1.88 bits per heavy atom. The van der Waals surface area contributed by atoms with Crippen molar-refractivity contribution in [2.75, 3.05) is 19.7 Å². The Morgan fingerprint density at radius 1 is 1.12 bits per heavy atom. The van der Waals surface area contributed by atoms with Crippen LogP contribution in [0.3, 0.4) is 0 Å². The molecule has 0 spiro atoms. The third-order valence-corrected chi connectivity index (χ3v) is 4.90. The fourth-order valence-electron chi connectivity index (χ4n) is 3.18.